The molecule has 12 heteroatoms. The van der Waals surface area contributed by atoms with Crippen molar-refractivity contribution >= 4 is 33.5 Å². The lowest BCUT2D eigenvalue weighted by atomic mass is 9.99. The van der Waals surface area contributed by atoms with E-state index in [1.54, 1.807) is 14.1 Å². The number of rotatable bonds is 5. The maximum Gasteiger partial charge on any atom is 0.326 e. The monoisotopic (exact) mass is 487 g/mol. The zero-order valence-corrected chi connectivity index (χ0v) is 20.0. The number of amides is 3. The van der Waals surface area contributed by atoms with E-state index >= 15 is 0 Å². The lowest BCUT2D eigenvalue weighted by Crippen LogP contribution is -2.50. The summed E-state index contributed by atoms with van der Waals surface area (Å²) in [6, 6.07) is 0.0891. The lowest BCUT2D eigenvalue weighted by Gasteiger charge is -2.36. The van der Waals surface area contributed by atoms with Gasteiger partial charge in [-0.25, -0.2) is 9.10 Å². The van der Waals surface area contributed by atoms with E-state index in [2.05, 4.69) is 16.5 Å². The summed E-state index contributed by atoms with van der Waals surface area (Å²) < 4.78 is 28.6. The molecule has 5 rings (SSSR count). The topological polar surface area (TPSA) is 131 Å². The van der Waals surface area contributed by atoms with Crippen molar-refractivity contribution in [2.75, 3.05) is 23.2 Å². The van der Waals surface area contributed by atoms with Crippen LogP contribution in [0.1, 0.15) is 41.5 Å². The van der Waals surface area contributed by atoms with Crippen LogP contribution in [0.15, 0.2) is 18.5 Å². The summed E-state index contributed by atoms with van der Waals surface area (Å²) in [4.78, 5) is 26.6. The number of urea groups is 1. The van der Waals surface area contributed by atoms with Gasteiger partial charge in [0.15, 0.2) is 0 Å². The average Bonchev–Trinajstić information content (AvgIpc) is 3.57. The molecule has 1 aromatic heterocycles. The summed E-state index contributed by atoms with van der Waals surface area (Å²) in [5.41, 5.74) is 5.00. The van der Waals surface area contributed by atoms with Crippen LogP contribution in [-0.4, -0.2) is 59.1 Å². The van der Waals surface area contributed by atoms with Crippen LogP contribution in [0.5, 0.6) is 0 Å². The highest BCUT2D eigenvalue weighted by molar-refractivity contribution is 7.91. The Morgan fingerprint density at radius 3 is 2.32 bits per heavy atom. The number of hydroxylamine groups is 1. The fraction of sp³-hybridized carbons (Fsp3) is 0.500. The molecule has 2 aromatic rings. The molecule has 1 unspecified atom stereocenters. The first-order valence-corrected chi connectivity index (χ1v) is 12.8. The van der Waals surface area contributed by atoms with Crippen LogP contribution in [0.4, 0.5) is 16.2 Å². The number of benzene rings is 1. The minimum atomic E-state index is -4.85. The van der Waals surface area contributed by atoms with Gasteiger partial charge in [0.25, 0.3) is 0 Å². The highest BCUT2D eigenvalue weighted by atomic mass is 32.2. The molecule has 0 radical (unpaired) electrons. The van der Waals surface area contributed by atoms with Crippen molar-refractivity contribution in [1.29, 1.82) is 0 Å². The number of nitrogens with zero attached hydrogens (tertiary/aromatic N) is 5. The number of aryl methyl sites for hydroxylation is 3. The Morgan fingerprint density at radius 2 is 1.79 bits per heavy atom. The first-order valence-electron chi connectivity index (χ1n) is 11.4. The van der Waals surface area contributed by atoms with Crippen LogP contribution >= 0.6 is 0 Å². The second-order valence-corrected chi connectivity index (χ2v) is 10.8. The Hall–Kier alpha value is -3.12. The predicted octanol–water partition coefficient (Wildman–Crippen LogP) is 1.71. The number of likely N-dealkylation sites (tertiary alicyclic amines) is 1. The Kier molecular flexibility index (Phi) is 5.52. The zero-order valence-electron chi connectivity index (χ0n) is 19.2. The number of aromatic nitrogens is 2. The van der Waals surface area contributed by atoms with Gasteiger partial charge in [0.05, 0.1) is 24.3 Å². The molecule has 0 bridgehead atoms. The lowest BCUT2D eigenvalue weighted by molar-refractivity contribution is -0.126. The van der Waals surface area contributed by atoms with Crippen molar-refractivity contribution in [3.63, 3.8) is 0 Å². The summed E-state index contributed by atoms with van der Waals surface area (Å²) in [7, 11) is -1.68. The van der Waals surface area contributed by atoms with Gasteiger partial charge >= 0.3 is 16.2 Å². The molecule has 1 aliphatic heterocycles. The minimum Gasteiger partial charge on any atom is -0.740 e. The smallest absolute Gasteiger partial charge is 0.326 e. The standard InChI is InChI=1S/C22H27N6O5S/c1-25-12-16(10-20(25)29)27(17-11-23-26(2)13-17)34(32,33)28(31)22(30)24-21-18-7-3-5-14(18)9-15-6-4-8-19(15)21/h9,11,13,16H,3-8,10,12H2,1-2H3,(H,24,30)/q-1. The molecule has 1 atom stereocenters. The normalized spacial score (nSPS) is 19.3. The number of anilines is 2. The number of fused-ring (bicyclic) bond motifs is 2. The van der Waals surface area contributed by atoms with E-state index in [4.69, 9.17) is 0 Å². The van der Waals surface area contributed by atoms with E-state index in [0.29, 0.717) is 5.69 Å². The molecule has 1 aromatic carbocycles. The molecule has 3 amide bonds. The van der Waals surface area contributed by atoms with Crippen LogP contribution in [0, 0.1) is 5.21 Å². The van der Waals surface area contributed by atoms with Gasteiger partial charge in [0.2, 0.25) is 5.91 Å². The van der Waals surface area contributed by atoms with Crippen LogP contribution in [-0.2, 0) is 47.7 Å². The van der Waals surface area contributed by atoms with Crippen molar-refractivity contribution in [3.05, 3.63) is 45.9 Å². The Morgan fingerprint density at radius 1 is 1.15 bits per heavy atom. The van der Waals surface area contributed by atoms with Gasteiger partial charge in [-0.1, -0.05) is 6.07 Å². The van der Waals surface area contributed by atoms with Gasteiger partial charge in [-0.05, 0) is 60.8 Å². The van der Waals surface area contributed by atoms with Gasteiger partial charge in [-0.2, -0.15) is 13.5 Å². The third-order valence-corrected chi connectivity index (χ3v) is 8.52. The minimum absolute atomic E-state index is 0.0974. The molecule has 2 heterocycles. The molecule has 1 N–H and O–H groups in total. The summed E-state index contributed by atoms with van der Waals surface area (Å²) in [5.74, 6) is -0.244. The molecule has 0 saturated carbocycles. The second kappa shape index (κ2) is 8.27. The highest BCUT2D eigenvalue weighted by Crippen LogP contribution is 2.39. The van der Waals surface area contributed by atoms with Crippen LogP contribution in [0.2, 0.25) is 0 Å². The van der Waals surface area contributed by atoms with E-state index in [1.165, 1.54) is 22.0 Å². The molecule has 3 aliphatic rings. The average molecular weight is 488 g/mol. The molecule has 11 nitrogen and oxygen atoms in total. The van der Waals surface area contributed by atoms with E-state index in [-0.39, 0.29) is 24.6 Å². The largest absolute Gasteiger partial charge is 0.740 e. The SMILES string of the molecule is CN1CC(N(c2cnn(C)c2)S(=O)(=O)N([O-])C(=O)Nc2c3c(cc4c2CCC4)CCC3)CC1=O. The van der Waals surface area contributed by atoms with Crippen molar-refractivity contribution in [1.82, 2.24) is 19.1 Å². The summed E-state index contributed by atoms with van der Waals surface area (Å²) in [6.45, 7) is 0.0993. The molecular formula is C22H27N6O5S-. The second-order valence-electron chi connectivity index (χ2n) is 9.20. The summed E-state index contributed by atoms with van der Waals surface area (Å²) >= 11 is 0. The van der Waals surface area contributed by atoms with Crippen LogP contribution in [0.25, 0.3) is 0 Å². The molecule has 1 saturated heterocycles. The van der Waals surface area contributed by atoms with Gasteiger partial charge in [0.1, 0.15) is 0 Å². The first-order chi connectivity index (χ1) is 16.2. The number of carbonyl (C=O) groups is 2. The van der Waals surface area contributed by atoms with E-state index < -0.39 is 26.8 Å². The Bertz CT molecular complexity index is 1240. The fourth-order valence-electron chi connectivity index (χ4n) is 5.36. The van der Waals surface area contributed by atoms with E-state index in [0.717, 1.165) is 65.1 Å². The molecule has 182 valence electrons. The number of nitrogens with one attached hydrogen (secondary N) is 1. The van der Waals surface area contributed by atoms with E-state index in [1.807, 2.05) is 0 Å². The highest BCUT2D eigenvalue weighted by Gasteiger charge is 2.40. The molecule has 1 fully saturated rings. The van der Waals surface area contributed by atoms with Crippen molar-refractivity contribution < 1.29 is 18.0 Å². The van der Waals surface area contributed by atoms with Crippen molar-refractivity contribution in [3.8, 4) is 0 Å². The maximum absolute atomic E-state index is 13.5. The first kappa shape index (κ1) is 22.7. The Balaban J connectivity index is 1.47. The molecule has 34 heavy (non-hydrogen) atoms. The number of hydrogen-bond donors (Lipinski definition) is 1. The number of hydrogen-bond acceptors (Lipinski definition) is 6. The predicted molar refractivity (Wildman–Crippen MR) is 125 cm³/mol. The molecule has 0 spiro atoms. The fourth-order valence-corrected chi connectivity index (χ4v) is 6.65. The van der Waals surface area contributed by atoms with Crippen molar-refractivity contribution in [2.45, 2.75) is 51.0 Å². The van der Waals surface area contributed by atoms with Crippen molar-refractivity contribution in [2.24, 2.45) is 7.05 Å². The summed E-state index contributed by atoms with van der Waals surface area (Å²) in [5, 5.41) is 19.7. The van der Waals surface area contributed by atoms with Gasteiger partial charge in [-0.3, -0.25) is 13.9 Å². The van der Waals surface area contributed by atoms with Crippen LogP contribution in [0.3, 0.4) is 0 Å². The quantitative estimate of drug-likeness (QED) is 0.639. The molecule has 2 aliphatic carbocycles. The van der Waals surface area contributed by atoms with Gasteiger partial charge in [0, 0.05) is 32.5 Å². The third kappa shape index (κ3) is 3.70. The molecular weight excluding hydrogens is 460 g/mol. The van der Waals surface area contributed by atoms with E-state index in [9.17, 15) is 23.2 Å². The number of carbonyl (C=O) groups excluding carboxylic acids is 2. The Labute approximate surface area is 198 Å². The maximum atomic E-state index is 13.5. The van der Waals surface area contributed by atoms with Gasteiger partial charge < -0.3 is 15.4 Å². The summed E-state index contributed by atoms with van der Waals surface area (Å²) in [6.07, 6.45) is 7.92. The number of likely N-dealkylation sites (N-methyl/N-ethyl adjacent to an activating group) is 1. The zero-order chi connectivity index (χ0) is 24.2. The van der Waals surface area contributed by atoms with Gasteiger partial charge in [-0.15, -0.1) is 0 Å². The van der Waals surface area contributed by atoms with Crippen LogP contribution < -0.4 is 9.62 Å². The third-order valence-electron chi connectivity index (χ3n) is 6.93.